The van der Waals surface area contributed by atoms with Crippen LogP contribution in [0.2, 0.25) is 0 Å². The standard InChI is InChI=1S/C7H8N2O2S/c1-12-7-8-4-5(9-7)2-3-6(10)11/h2-4H,1H3,(H,8,9)(H,10,11)/p-1/b3-2+. The Morgan fingerprint density at radius 3 is 3.08 bits per heavy atom. The van der Waals surface area contributed by atoms with Gasteiger partial charge in [0, 0.05) is 0 Å². The lowest BCUT2D eigenvalue weighted by Gasteiger charge is -1.88. The van der Waals surface area contributed by atoms with E-state index in [2.05, 4.69) is 9.97 Å². The number of carbonyl (C=O) groups is 1. The van der Waals surface area contributed by atoms with Crippen molar-refractivity contribution in [1.82, 2.24) is 9.97 Å². The highest BCUT2D eigenvalue weighted by Crippen LogP contribution is 2.09. The summed E-state index contributed by atoms with van der Waals surface area (Å²) >= 11 is 1.46. The molecule has 1 N–H and O–H groups in total. The van der Waals surface area contributed by atoms with Crippen molar-refractivity contribution in [2.24, 2.45) is 0 Å². The van der Waals surface area contributed by atoms with Crippen LogP contribution in [0.3, 0.4) is 0 Å². The number of carboxylic acids is 1. The van der Waals surface area contributed by atoms with Crippen molar-refractivity contribution in [2.75, 3.05) is 6.26 Å². The van der Waals surface area contributed by atoms with Gasteiger partial charge in [0.15, 0.2) is 5.16 Å². The molecular formula is C7H7N2O2S-. The maximum Gasteiger partial charge on any atom is 0.165 e. The molecule has 0 atom stereocenters. The molecule has 0 aliphatic rings. The minimum absolute atomic E-state index is 0.656. The zero-order chi connectivity index (χ0) is 8.97. The first-order valence-corrected chi connectivity index (χ1v) is 4.43. The van der Waals surface area contributed by atoms with Gasteiger partial charge < -0.3 is 14.9 Å². The summed E-state index contributed by atoms with van der Waals surface area (Å²) in [6.07, 6.45) is 5.80. The first kappa shape index (κ1) is 8.86. The van der Waals surface area contributed by atoms with Crippen LogP contribution in [0.5, 0.6) is 0 Å². The molecule has 0 aromatic carbocycles. The first-order valence-electron chi connectivity index (χ1n) is 3.20. The van der Waals surface area contributed by atoms with Crippen molar-refractivity contribution >= 4 is 23.8 Å². The lowest BCUT2D eigenvalue weighted by Crippen LogP contribution is -2.18. The van der Waals surface area contributed by atoms with E-state index in [0.29, 0.717) is 5.69 Å². The second kappa shape index (κ2) is 3.96. The van der Waals surface area contributed by atoms with Crippen molar-refractivity contribution in [3.8, 4) is 0 Å². The highest BCUT2D eigenvalue weighted by atomic mass is 32.2. The molecule has 0 spiro atoms. The predicted molar refractivity (Wildman–Crippen MR) is 44.4 cm³/mol. The SMILES string of the molecule is CSc1ncc(/C=C/C(=O)[O-])[nH]1. The third-order valence-electron chi connectivity index (χ3n) is 1.16. The number of carbonyl (C=O) groups excluding carboxylic acids is 1. The van der Waals surface area contributed by atoms with Gasteiger partial charge in [0.25, 0.3) is 0 Å². The van der Waals surface area contributed by atoms with Crippen LogP contribution in [-0.4, -0.2) is 22.2 Å². The third-order valence-corrected chi connectivity index (χ3v) is 1.76. The predicted octanol–water partition coefficient (Wildman–Crippen LogP) is -0.105. The summed E-state index contributed by atoms with van der Waals surface area (Å²) < 4.78 is 0. The van der Waals surface area contributed by atoms with Crippen molar-refractivity contribution in [2.45, 2.75) is 5.16 Å². The molecule has 1 rings (SSSR count). The normalized spacial score (nSPS) is 10.8. The number of H-pyrrole nitrogens is 1. The Morgan fingerprint density at radius 1 is 1.83 bits per heavy atom. The Morgan fingerprint density at radius 2 is 2.58 bits per heavy atom. The zero-order valence-corrected chi connectivity index (χ0v) is 7.22. The van der Waals surface area contributed by atoms with E-state index in [4.69, 9.17) is 0 Å². The fourth-order valence-corrected chi connectivity index (χ4v) is 1.04. The molecule has 4 nitrogen and oxygen atoms in total. The van der Waals surface area contributed by atoms with E-state index in [1.54, 1.807) is 6.20 Å². The molecule has 0 aliphatic carbocycles. The second-order valence-corrected chi connectivity index (χ2v) is 2.80. The average Bonchev–Trinajstić information content (AvgIpc) is 2.48. The molecule has 0 aliphatic heterocycles. The van der Waals surface area contributed by atoms with E-state index in [0.717, 1.165) is 11.2 Å². The molecule has 0 bridgehead atoms. The number of hydrogen-bond acceptors (Lipinski definition) is 4. The average molecular weight is 183 g/mol. The molecule has 0 fully saturated rings. The molecule has 0 radical (unpaired) electrons. The maximum atomic E-state index is 10.0. The fraction of sp³-hybridized carbons (Fsp3) is 0.143. The summed E-state index contributed by atoms with van der Waals surface area (Å²) in [5, 5.41) is 10.8. The highest BCUT2D eigenvalue weighted by molar-refractivity contribution is 7.98. The smallest absolute Gasteiger partial charge is 0.165 e. The van der Waals surface area contributed by atoms with Gasteiger partial charge in [-0.05, 0) is 18.4 Å². The van der Waals surface area contributed by atoms with Gasteiger partial charge in [-0.25, -0.2) is 4.98 Å². The van der Waals surface area contributed by atoms with E-state index < -0.39 is 5.97 Å². The highest BCUT2D eigenvalue weighted by Gasteiger charge is 1.93. The van der Waals surface area contributed by atoms with Gasteiger partial charge in [0.1, 0.15) is 0 Å². The minimum atomic E-state index is -1.21. The monoisotopic (exact) mass is 183 g/mol. The number of nitrogens with zero attached hydrogens (tertiary/aromatic N) is 1. The van der Waals surface area contributed by atoms with Crippen LogP contribution >= 0.6 is 11.8 Å². The van der Waals surface area contributed by atoms with Crippen LogP contribution < -0.4 is 5.11 Å². The van der Waals surface area contributed by atoms with Gasteiger partial charge >= 0.3 is 0 Å². The molecule has 0 saturated heterocycles. The Kier molecular flexibility index (Phi) is 2.93. The summed E-state index contributed by atoms with van der Waals surface area (Å²) in [6.45, 7) is 0. The number of imidazole rings is 1. The van der Waals surface area contributed by atoms with Crippen LogP contribution in [0.1, 0.15) is 5.69 Å². The molecule has 1 aromatic rings. The number of carboxylic acid groups (broad SMARTS) is 1. The number of aromatic amines is 1. The van der Waals surface area contributed by atoms with E-state index in [9.17, 15) is 9.90 Å². The fourth-order valence-electron chi connectivity index (χ4n) is 0.662. The van der Waals surface area contributed by atoms with E-state index in [1.165, 1.54) is 17.8 Å². The van der Waals surface area contributed by atoms with Crippen molar-refractivity contribution in [3.05, 3.63) is 18.0 Å². The second-order valence-electron chi connectivity index (χ2n) is 2.00. The molecular weight excluding hydrogens is 176 g/mol. The van der Waals surface area contributed by atoms with Crippen LogP contribution in [0.15, 0.2) is 17.4 Å². The van der Waals surface area contributed by atoms with Crippen LogP contribution in [0, 0.1) is 0 Å². The van der Waals surface area contributed by atoms with Crippen LogP contribution in [-0.2, 0) is 4.79 Å². The summed E-state index contributed by atoms with van der Waals surface area (Å²) in [5.41, 5.74) is 0.656. The maximum absolute atomic E-state index is 10.0. The van der Waals surface area contributed by atoms with Gasteiger partial charge in [-0.15, -0.1) is 0 Å². The third kappa shape index (κ3) is 2.43. The van der Waals surface area contributed by atoms with E-state index in [-0.39, 0.29) is 0 Å². The number of aliphatic carboxylic acids is 1. The molecule has 5 heteroatoms. The Bertz CT molecular complexity index is 306. The lowest BCUT2D eigenvalue weighted by molar-refractivity contribution is -0.297. The summed E-state index contributed by atoms with van der Waals surface area (Å²) in [7, 11) is 0. The number of aromatic nitrogens is 2. The Labute approximate surface area is 73.7 Å². The molecule has 64 valence electrons. The molecule has 1 heterocycles. The summed E-state index contributed by atoms with van der Waals surface area (Å²) in [5.74, 6) is -1.21. The molecule has 0 saturated carbocycles. The molecule has 12 heavy (non-hydrogen) atoms. The van der Waals surface area contributed by atoms with Crippen LogP contribution in [0.25, 0.3) is 6.08 Å². The lowest BCUT2D eigenvalue weighted by atomic mass is 10.4. The first-order chi connectivity index (χ1) is 5.72. The number of rotatable bonds is 3. The van der Waals surface area contributed by atoms with E-state index in [1.807, 2.05) is 6.26 Å². The molecule has 1 aromatic heterocycles. The summed E-state index contributed by atoms with van der Waals surface area (Å²) in [6, 6.07) is 0. The van der Waals surface area contributed by atoms with Crippen molar-refractivity contribution in [3.63, 3.8) is 0 Å². The number of hydrogen-bond donors (Lipinski definition) is 1. The van der Waals surface area contributed by atoms with Crippen molar-refractivity contribution < 1.29 is 9.90 Å². The molecule has 0 amide bonds. The van der Waals surface area contributed by atoms with Gasteiger partial charge in [-0.2, -0.15) is 0 Å². The van der Waals surface area contributed by atoms with Gasteiger partial charge in [-0.1, -0.05) is 11.8 Å². The minimum Gasteiger partial charge on any atom is -0.545 e. The van der Waals surface area contributed by atoms with Gasteiger partial charge in [0.2, 0.25) is 0 Å². The molecule has 0 unspecified atom stereocenters. The quantitative estimate of drug-likeness (QED) is 0.524. The van der Waals surface area contributed by atoms with E-state index >= 15 is 0 Å². The summed E-state index contributed by atoms with van der Waals surface area (Å²) in [4.78, 5) is 16.9. The van der Waals surface area contributed by atoms with Gasteiger partial charge in [-0.3, -0.25) is 0 Å². The van der Waals surface area contributed by atoms with Crippen LogP contribution in [0.4, 0.5) is 0 Å². The largest absolute Gasteiger partial charge is 0.545 e. The van der Waals surface area contributed by atoms with Gasteiger partial charge in [0.05, 0.1) is 17.9 Å². The van der Waals surface area contributed by atoms with Crippen molar-refractivity contribution in [1.29, 1.82) is 0 Å². The zero-order valence-electron chi connectivity index (χ0n) is 6.40. The Hall–Kier alpha value is -1.23. The number of nitrogens with one attached hydrogen (secondary N) is 1. The topological polar surface area (TPSA) is 68.8 Å². The Balaban J connectivity index is 2.70. The number of thioether (sulfide) groups is 1.